The van der Waals surface area contributed by atoms with Crippen LogP contribution in [0.2, 0.25) is 0 Å². The van der Waals surface area contributed by atoms with Gasteiger partial charge >= 0.3 is 0 Å². The van der Waals surface area contributed by atoms with E-state index in [0.29, 0.717) is 25.3 Å². The number of fused-ring (bicyclic) bond motifs is 1. The lowest BCUT2D eigenvalue weighted by Gasteiger charge is -2.22. The van der Waals surface area contributed by atoms with Crippen molar-refractivity contribution in [2.45, 2.75) is 25.4 Å². The van der Waals surface area contributed by atoms with Crippen molar-refractivity contribution in [1.82, 2.24) is 14.8 Å². The third kappa shape index (κ3) is 2.41. The van der Waals surface area contributed by atoms with Gasteiger partial charge in [-0.1, -0.05) is 0 Å². The summed E-state index contributed by atoms with van der Waals surface area (Å²) in [7, 11) is 0. The Kier molecular flexibility index (Phi) is 3.05. The van der Waals surface area contributed by atoms with Crippen LogP contribution in [0.1, 0.15) is 12.8 Å². The van der Waals surface area contributed by atoms with Gasteiger partial charge in [0.25, 0.3) is 0 Å². The second-order valence-electron chi connectivity index (χ2n) is 4.04. The van der Waals surface area contributed by atoms with Gasteiger partial charge in [0.1, 0.15) is 6.33 Å². The predicted molar refractivity (Wildman–Crippen MR) is 58.5 cm³/mol. The Balaban J connectivity index is 1.95. The molecule has 2 heterocycles. The highest BCUT2D eigenvalue weighted by Crippen LogP contribution is 2.19. The number of aromatic nitrogens is 3. The van der Waals surface area contributed by atoms with E-state index in [1.165, 1.54) is 6.33 Å². The van der Waals surface area contributed by atoms with Crippen molar-refractivity contribution < 1.29 is 9.59 Å². The van der Waals surface area contributed by atoms with Crippen molar-refractivity contribution in [3.8, 4) is 0 Å². The molecule has 2 amide bonds. The molecule has 0 aromatic carbocycles. The van der Waals surface area contributed by atoms with E-state index in [4.69, 9.17) is 11.5 Å². The Morgan fingerprint density at radius 2 is 2.47 bits per heavy atom. The Labute approximate surface area is 97.4 Å². The minimum absolute atomic E-state index is 0.123. The van der Waals surface area contributed by atoms with Crippen LogP contribution in [0.15, 0.2) is 6.33 Å². The summed E-state index contributed by atoms with van der Waals surface area (Å²) >= 11 is 0. The third-order valence-electron chi connectivity index (χ3n) is 2.81. The molecule has 8 heteroatoms. The Hall–Kier alpha value is -1.96. The molecule has 92 valence electrons. The molecule has 0 fully saturated rings. The van der Waals surface area contributed by atoms with Gasteiger partial charge in [0.15, 0.2) is 0 Å². The van der Waals surface area contributed by atoms with Gasteiger partial charge in [-0.3, -0.25) is 14.9 Å². The van der Waals surface area contributed by atoms with Crippen molar-refractivity contribution >= 4 is 17.8 Å². The zero-order chi connectivity index (χ0) is 12.4. The highest BCUT2D eigenvalue weighted by molar-refractivity contribution is 5.92. The van der Waals surface area contributed by atoms with Gasteiger partial charge in [-0.05, 0) is 12.8 Å². The summed E-state index contributed by atoms with van der Waals surface area (Å²) in [6.07, 6.45) is 2.26. The first kappa shape index (κ1) is 11.5. The highest BCUT2D eigenvalue weighted by atomic mass is 16.2. The molecule has 0 aliphatic carbocycles. The van der Waals surface area contributed by atoms with E-state index in [1.807, 2.05) is 0 Å². The molecule has 2 atom stereocenters. The van der Waals surface area contributed by atoms with Crippen LogP contribution < -0.4 is 16.8 Å². The van der Waals surface area contributed by atoms with Gasteiger partial charge in [0.05, 0.1) is 18.5 Å². The molecule has 0 bridgehead atoms. The van der Waals surface area contributed by atoms with Crippen LogP contribution >= 0.6 is 0 Å². The summed E-state index contributed by atoms with van der Waals surface area (Å²) < 4.78 is 1.61. The maximum atomic E-state index is 11.7. The first-order valence-electron chi connectivity index (χ1n) is 5.31. The normalized spacial score (nSPS) is 20.5. The average Bonchev–Trinajstić information content (AvgIpc) is 2.72. The van der Waals surface area contributed by atoms with E-state index in [-0.39, 0.29) is 11.8 Å². The summed E-state index contributed by atoms with van der Waals surface area (Å²) in [5, 5.41) is 6.61. The Morgan fingerprint density at radius 1 is 1.71 bits per heavy atom. The molecule has 0 radical (unpaired) electrons. The second-order valence-corrected chi connectivity index (χ2v) is 4.04. The van der Waals surface area contributed by atoms with Crippen molar-refractivity contribution in [3.05, 3.63) is 6.33 Å². The maximum Gasteiger partial charge on any atom is 0.234 e. The zero-order valence-corrected chi connectivity index (χ0v) is 9.17. The Bertz CT molecular complexity index is 442. The average molecular weight is 238 g/mol. The molecule has 5 N–H and O–H groups in total. The van der Waals surface area contributed by atoms with Gasteiger partial charge in [-0.2, -0.15) is 10.1 Å². The summed E-state index contributed by atoms with van der Waals surface area (Å²) in [5.74, 6) is -0.482. The fraction of sp³-hybridized carbons (Fsp3) is 0.556. The third-order valence-corrected chi connectivity index (χ3v) is 2.81. The molecular formula is C9H14N6O2. The number of rotatable bonds is 4. The number of hydrogen-bond donors (Lipinski definition) is 3. The molecule has 17 heavy (non-hydrogen) atoms. The summed E-state index contributed by atoms with van der Waals surface area (Å²) in [6, 6.07) is -0.708. The number of hydrogen-bond acceptors (Lipinski definition) is 5. The highest BCUT2D eigenvalue weighted by Gasteiger charge is 2.27. The smallest absolute Gasteiger partial charge is 0.234 e. The molecule has 0 saturated carbocycles. The lowest BCUT2D eigenvalue weighted by Crippen LogP contribution is -2.39. The standard InChI is InChI=1S/C9H14N6O2/c10-6(7(11)16)2-1-5-3-15-9(12-4-13-15)14-8(5)17/h4-6H,1-3,10H2,(H2,11,16)(H,12,13,14,17)/t5?,6-/m0/s1. The molecule has 1 unspecified atom stereocenters. The number of nitrogens with two attached hydrogens (primary N) is 2. The number of nitrogens with one attached hydrogen (secondary N) is 1. The van der Waals surface area contributed by atoms with Gasteiger partial charge < -0.3 is 11.5 Å². The van der Waals surface area contributed by atoms with Crippen molar-refractivity contribution in [1.29, 1.82) is 0 Å². The molecule has 1 aliphatic heterocycles. The maximum absolute atomic E-state index is 11.7. The van der Waals surface area contributed by atoms with Gasteiger partial charge in [-0.25, -0.2) is 4.68 Å². The largest absolute Gasteiger partial charge is 0.368 e. The molecular weight excluding hydrogens is 224 g/mol. The molecule has 1 aromatic rings. The van der Waals surface area contributed by atoms with Crippen LogP contribution in [0.5, 0.6) is 0 Å². The Morgan fingerprint density at radius 3 is 3.18 bits per heavy atom. The molecule has 2 rings (SSSR count). The van der Waals surface area contributed by atoms with E-state index in [9.17, 15) is 9.59 Å². The predicted octanol–water partition coefficient (Wildman–Crippen LogP) is -1.56. The summed E-state index contributed by atoms with van der Waals surface area (Å²) in [4.78, 5) is 26.4. The monoisotopic (exact) mass is 238 g/mol. The number of carbonyl (C=O) groups excluding carboxylic acids is 2. The first-order chi connectivity index (χ1) is 8.08. The molecule has 8 nitrogen and oxygen atoms in total. The van der Waals surface area contributed by atoms with Crippen molar-refractivity contribution in [2.75, 3.05) is 5.32 Å². The van der Waals surface area contributed by atoms with Crippen LogP contribution in [0, 0.1) is 5.92 Å². The molecule has 1 aromatic heterocycles. The number of nitrogens with zero attached hydrogens (tertiary/aromatic N) is 3. The van der Waals surface area contributed by atoms with Crippen LogP contribution in [0.3, 0.4) is 0 Å². The fourth-order valence-electron chi connectivity index (χ4n) is 1.74. The van der Waals surface area contributed by atoms with E-state index >= 15 is 0 Å². The second kappa shape index (κ2) is 4.50. The van der Waals surface area contributed by atoms with Crippen LogP contribution in [0.25, 0.3) is 0 Å². The minimum atomic E-state index is -0.708. The van der Waals surface area contributed by atoms with Crippen LogP contribution in [0.4, 0.5) is 5.95 Å². The number of carbonyl (C=O) groups is 2. The minimum Gasteiger partial charge on any atom is -0.368 e. The number of primary amides is 1. The van der Waals surface area contributed by atoms with Gasteiger partial charge in [0, 0.05) is 0 Å². The zero-order valence-electron chi connectivity index (χ0n) is 9.17. The lowest BCUT2D eigenvalue weighted by atomic mass is 9.98. The molecule has 1 aliphatic rings. The summed E-state index contributed by atoms with van der Waals surface area (Å²) in [5.41, 5.74) is 10.6. The lowest BCUT2D eigenvalue weighted by molar-refractivity contribution is -0.122. The molecule has 0 saturated heterocycles. The fourth-order valence-corrected chi connectivity index (χ4v) is 1.74. The van der Waals surface area contributed by atoms with E-state index in [1.54, 1.807) is 4.68 Å². The molecule has 0 spiro atoms. The topological polar surface area (TPSA) is 129 Å². The van der Waals surface area contributed by atoms with Crippen LogP contribution in [-0.4, -0.2) is 32.6 Å². The van der Waals surface area contributed by atoms with Crippen molar-refractivity contribution in [3.63, 3.8) is 0 Å². The van der Waals surface area contributed by atoms with Gasteiger partial charge in [-0.15, -0.1) is 0 Å². The van der Waals surface area contributed by atoms with E-state index in [2.05, 4.69) is 15.4 Å². The SMILES string of the molecule is NC(=O)[C@@H](N)CCC1Cn2ncnc2NC1=O. The quantitative estimate of drug-likeness (QED) is 0.584. The van der Waals surface area contributed by atoms with Crippen LogP contribution in [-0.2, 0) is 16.1 Å². The number of anilines is 1. The number of amides is 2. The van der Waals surface area contributed by atoms with Crippen molar-refractivity contribution in [2.24, 2.45) is 17.4 Å². The van der Waals surface area contributed by atoms with E-state index in [0.717, 1.165) is 0 Å². The van der Waals surface area contributed by atoms with Gasteiger partial charge in [0.2, 0.25) is 17.8 Å². The first-order valence-corrected chi connectivity index (χ1v) is 5.31. The summed E-state index contributed by atoms with van der Waals surface area (Å²) in [6.45, 7) is 0.451. The van der Waals surface area contributed by atoms with E-state index < -0.39 is 11.9 Å².